The predicted molar refractivity (Wildman–Crippen MR) is 81.6 cm³/mol. The van der Waals surface area contributed by atoms with Gasteiger partial charge in [0.25, 0.3) is 5.91 Å². The number of likely N-dealkylation sites (tertiary alicyclic amines) is 1. The van der Waals surface area contributed by atoms with Crippen molar-refractivity contribution in [3.8, 4) is 0 Å². The maximum Gasteiger partial charge on any atom is 0.335 e. The minimum Gasteiger partial charge on any atom is -0.479 e. The molecule has 0 bridgehead atoms. The van der Waals surface area contributed by atoms with Crippen molar-refractivity contribution in [1.29, 1.82) is 0 Å². The van der Waals surface area contributed by atoms with Crippen LogP contribution in [0, 0.1) is 10.5 Å². The highest BCUT2D eigenvalue weighted by atomic mass is 127. The Labute approximate surface area is 130 Å². The van der Waals surface area contributed by atoms with Gasteiger partial charge in [0.2, 0.25) is 0 Å². The Morgan fingerprint density at radius 2 is 1.90 bits per heavy atom. The third kappa shape index (κ3) is 2.80. The van der Waals surface area contributed by atoms with Gasteiger partial charge in [-0.1, -0.05) is 12.1 Å². The van der Waals surface area contributed by atoms with Gasteiger partial charge in [-0.15, -0.1) is 0 Å². The number of carboxylic acids is 1. The van der Waals surface area contributed by atoms with Crippen molar-refractivity contribution in [2.45, 2.75) is 25.4 Å². The highest BCUT2D eigenvalue weighted by molar-refractivity contribution is 14.1. The second kappa shape index (κ2) is 5.69. The molecule has 1 heterocycles. The zero-order valence-electron chi connectivity index (χ0n) is 11.1. The predicted octanol–water partition coefficient (Wildman–Crippen LogP) is 1.65. The number of carbonyl (C=O) groups excluding carboxylic acids is 1. The topological polar surface area (TPSA) is 77.8 Å². The van der Waals surface area contributed by atoms with E-state index in [9.17, 15) is 14.7 Å². The van der Waals surface area contributed by atoms with Crippen LogP contribution in [-0.4, -0.2) is 45.7 Å². The fraction of sp³-hybridized carbons (Fsp3) is 0.429. The number of aryl methyl sites for hydroxylation is 1. The van der Waals surface area contributed by atoms with Crippen LogP contribution in [0.3, 0.4) is 0 Å². The fourth-order valence-electron chi connectivity index (χ4n) is 2.35. The lowest BCUT2D eigenvalue weighted by atomic mass is 9.91. The van der Waals surface area contributed by atoms with E-state index in [2.05, 4.69) is 22.6 Å². The van der Waals surface area contributed by atoms with Gasteiger partial charge >= 0.3 is 5.97 Å². The van der Waals surface area contributed by atoms with Crippen molar-refractivity contribution in [3.05, 3.63) is 32.9 Å². The van der Waals surface area contributed by atoms with Crippen LogP contribution in [0.4, 0.5) is 0 Å². The normalized spacial score (nSPS) is 17.9. The molecule has 1 aliphatic rings. The summed E-state index contributed by atoms with van der Waals surface area (Å²) < 4.78 is 0.881. The molecule has 1 aromatic rings. The third-order valence-corrected chi connectivity index (χ3v) is 4.61. The van der Waals surface area contributed by atoms with Crippen LogP contribution >= 0.6 is 22.6 Å². The molecular formula is C14H16INO4. The van der Waals surface area contributed by atoms with E-state index in [0.29, 0.717) is 5.56 Å². The zero-order valence-corrected chi connectivity index (χ0v) is 13.3. The average Bonchev–Trinajstić information content (AvgIpc) is 2.39. The number of piperidine rings is 1. The fourth-order valence-corrected chi connectivity index (χ4v) is 3.22. The molecule has 0 aliphatic carbocycles. The van der Waals surface area contributed by atoms with Crippen molar-refractivity contribution in [3.63, 3.8) is 0 Å². The second-order valence-corrected chi connectivity index (χ2v) is 6.22. The Hall–Kier alpha value is -1.15. The maximum absolute atomic E-state index is 12.5. The van der Waals surface area contributed by atoms with Crippen molar-refractivity contribution in [2.75, 3.05) is 13.1 Å². The monoisotopic (exact) mass is 389 g/mol. The lowest BCUT2D eigenvalue weighted by molar-refractivity contribution is -0.162. The minimum absolute atomic E-state index is 0.0660. The molecule has 5 nitrogen and oxygen atoms in total. The summed E-state index contributed by atoms with van der Waals surface area (Å²) in [4.78, 5) is 25.1. The van der Waals surface area contributed by atoms with Gasteiger partial charge in [-0.05, 0) is 41.1 Å². The molecule has 20 heavy (non-hydrogen) atoms. The quantitative estimate of drug-likeness (QED) is 0.755. The Balaban J connectivity index is 2.15. The molecule has 0 aromatic heterocycles. The van der Waals surface area contributed by atoms with Crippen LogP contribution in [0.15, 0.2) is 18.2 Å². The van der Waals surface area contributed by atoms with Crippen molar-refractivity contribution in [1.82, 2.24) is 4.90 Å². The first-order valence-electron chi connectivity index (χ1n) is 6.35. The molecule has 2 N–H and O–H groups in total. The first-order valence-corrected chi connectivity index (χ1v) is 7.43. The molecule has 0 spiro atoms. The van der Waals surface area contributed by atoms with Gasteiger partial charge < -0.3 is 15.1 Å². The molecule has 1 fully saturated rings. The molecule has 0 unspecified atom stereocenters. The summed E-state index contributed by atoms with van der Waals surface area (Å²) in [7, 11) is 0. The van der Waals surface area contributed by atoms with Crippen LogP contribution in [0.5, 0.6) is 0 Å². The number of carboxylic acid groups (broad SMARTS) is 1. The molecule has 0 saturated carbocycles. The van der Waals surface area contributed by atoms with Crippen LogP contribution in [0.1, 0.15) is 28.8 Å². The zero-order chi connectivity index (χ0) is 14.9. The number of carbonyl (C=O) groups is 2. The van der Waals surface area contributed by atoms with Gasteiger partial charge in [0, 0.05) is 29.5 Å². The maximum atomic E-state index is 12.5. The van der Waals surface area contributed by atoms with E-state index in [1.165, 1.54) is 0 Å². The van der Waals surface area contributed by atoms with Crippen LogP contribution in [0.25, 0.3) is 0 Å². The van der Waals surface area contributed by atoms with Gasteiger partial charge in [-0.25, -0.2) is 4.79 Å². The number of rotatable bonds is 2. The van der Waals surface area contributed by atoms with E-state index in [0.717, 1.165) is 9.13 Å². The summed E-state index contributed by atoms with van der Waals surface area (Å²) in [5.41, 5.74) is -0.134. The number of aliphatic carboxylic acids is 1. The lowest BCUT2D eigenvalue weighted by Crippen LogP contribution is -2.51. The Morgan fingerprint density at radius 3 is 2.40 bits per heavy atom. The molecule has 0 radical (unpaired) electrons. The Bertz CT molecular complexity index is 530. The first kappa shape index (κ1) is 15.2. The summed E-state index contributed by atoms with van der Waals surface area (Å²) in [5.74, 6) is -1.31. The van der Waals surface area contributed by atoms with Gasteiger partial charge in [0.1, 0.15) is 0 Å². The van der Waals surface area contributed by atoms with Crippen LogP contribution in [-0.2, 0) is 4.79 Å². The summed E-state index contributed by atoms with van der Waals surface area (Å²) in [6.45, 7) is 2.39. The Kier molecular flexibility index (Phi) is 4.33. The molecule has 2 rings (SSSR count). The number of aliphatic hydroxyl groups is 1. The van der Waals surface area contributed by atoms with Crippen molar-refractivity contribution >= 4 is 34.5 Å². The molecule has 0 atom stereocenters. The molecule has 1 amide bonds. The van der Waals surface area contributed by atoms with Gasteiger partial charge in [-0.2, -0.15) is 0 Å². The number of halogens is 1. The highest BCUT2D eigenvalue weighted by Gasteiger charge is 2.40. The molecule has 1 aromatic carbocycles. The van der Waals surface area contributed by atoms with E-state index >= 15 is 0 Å². The van der Waals surface area contributed by atoms with Crippen molar-refractivity contribution in [2.24, 2.45) is 0 Å². The van der Waals surface area contributed by atoms with E-state index in [1.807, 2.05) is 25.1 Å². The first-order chi connectivity index (χ1) is 9.35. The summed E-state index contributed by atoms with van der Waals surface area (Å²) in [6.07, 6.45) is 0.132. The third-order valence-electron chi connectivity index (χ3n) is 3.71. The van der Waals surface area contributed by atoms with Crippen LogP contribution < -0.4 is 0 Å². The van der Waals surface area contributed by atoms with Gasteiger partial charge in [0.15, 0.2) is 5.60 Å². The minimum atomic E-state index is -1.70. The van der Waals surface area contributed by atoms with E-state index < -0.39 is 11.6 Å². The number of nitrogens with zero attached hydrogens (tertiary/aromatic N) is 1. The molecule has 108 valence electrons. The standard InChI is InChI=1S/C14H16INO4/c1-9-3-2-4-10(15)11(9)12(17)16-7-5-14(20,6-8-16)13(18)19/h2-4,20H,5-8H2,1H3,(H,18,19). The number of benzene rings is 1. The molecular weight excluding hydrogens is 373 g/mol. The highest BCUT2D eigenvalue weighted by Crippen LogP contribution is 2.25. The average molecular weight is 389 g/mol. The number of hydrogen-bond acceptors (Lipinski definition) is 3. The Morgan fingerprint density at radius 1 is 1.30 bits per heavy atom. The van der Waals surface area contributed by atoms with Crippen molar-refractivity contribution < 1.29 is 19.8 Å². The molecule has 6 heteroatoms. The molecule has 1 saturated heterocycles. The summed E-state index contributed by atoms with van der Waals surface area (Å²) >= 11 is 2.12. The summed E-state index contributed by atoms with van der Waals surface area (Å²) in [6, 6.07) is 5.65. The smallest absolute Gasteiger partial charge is 0.335 e. The largest absolute Gasteiger partial charge is 0.479 e. The van der Waals surface area contributed by atoms with Crippen LogP contribution in [0.2, 0.25) is 0 Å². The van der Waals surface area contributed by atoms with Gasteiger partial charge in [-0.3, -0.25) is 4.79 Å². The lowest BCUT2D eigenvalue weighted by Gasteiger charge is -2.35. The second-order valence-electron chi connectivity index (χ2n) is 5.06. The van der Waals surface area contributed by atoms with E-state index in [4.69, 9.17) is 5.11 Å². The van der Waals surface area contributed by atoms with Gasteiger partial charge in [0.05, 0.1) is 5.56 Å². The SMILES string of the molecule is Cc1cccc(I)c1C(=O)N1CCC(O)(C(=O)O)CC1. The summed E-state index contributed by atoms with van der Waals surface area (Å²) in [5, 5.41) is 18.9. The van der Waals surface area contributed by atoms with E-state index in [-0.39, 0.29) is 31.8 Å². The number of hydrogen-bond donors (Lipinski definition) is 2. The van der Waals surface area contributed by atoms with E-state index in [1.54, 1.807) is 4.90 Å². The number of amides is 1. The molecule has 1 aliphatic heterocycles.